The number of hydrazine groups is 1. The molecule has 6 N–H and O–H groups in total. The molecule has 0 heterocycles. The van der Waals surface area contributed by atoms with Gasteiger partial charge in [-0.1, -0.05) is 0 Å². The van der Waals surface area contributed by atoms with Crippen LogP contribution in [-0.2, 0) is 0 Å². The number of nitrogens with one attached hydrogen (secondary N) is 1. The van der Waals surface area contributed by atoms with Gasteiger partial charge >= 0.3 is 0 Å². The lowest BCUT2D eigenvalue weighted by molar-refractivity contribution is -0.742. The van der Waals surface area contributed by atoms with Gasteiger partial charge < -0.3 is 15.7 Å². The maximum Gasteiger partial charge on any atom is 0.291 e. The molecule has 1 rings (SSSR count). The van der Waals surface area contributed by atoms with Crippen molar-refractivity contribution < 1.29 is 15.0 Å². The second-order valence-electron chi connectivity index (χ2n) is 2.58. The standard InChI is InChI=1S/C8H12N4O.HNO3/c1-13-7-4-2-6(3-5-7)11-8(9)12-10;2-1(3)4/h2-5H,10H2,1H3,(H3,9,11,12);(H,2,3,4). The van der Waals surface area contributed by atoms with Gasteiger partial charge in [0.05, 0.1) is 12.8 Å². The van der Waals surface area contributed by atoms with Crippen LogP contribution >= 0.6 is 0 Å². The van der Waals surface area contributed by atoms with Gasteiger partial charge in [0, 0.05) is 0 Å². The van der Waals surface area contributed by atoms with Crippen LogP contribution in [0.25, 0.3) is 0 Å². The number of nitrogens with zero attached hydrogens (tertiary/aromatic N) is 2. The molecule has 9 heteroatoms. The second kappa shape index (κ2) is 7.70. The van der Waals surface area contributed by atoms with Gasteiger partial charge in [0.25, 0.3) is 5.09 Å². The molecule has 0 atom stereocenters. The minimum Gasteiger partial charge on any atom is -0.497 e. The summed E-state index contributed by atoms with van der Waals surface area (Å²) in [6, 6.07) is 7.15. The molecule has 0 aliphatic rings. The van der Waals surface area contributed by atoms with Crippen molar-refractivity contribution in [3.8, 4) is 5.75 Å². The Bertz CT molecular complexity index is 374. The number of rotatable bonds is 2. The van der Waals surface area contributed by atoms with Crippen molar-refractivity contribution >= 4 is 11.6 Å². The van der Waals surface area contributed by atoms with Crippen LogP contribution in [-0.4, -0.2) is 23.4 Å². The van der Waals surface area contributed by atoms with E-state index in [0.717, 1.165) is 11.4 Å². The maximum absolute atomic E-state index is 8.36. The highest BCUT2D eigenvalue weighted by molar-refractivity contribution is 5.80. The monoisotopic (exact) mass is 243 g/mol. The van der Waals surface area contributed by atoms with Crippen LogP contribution in [0.5, 0.6) is 5.75 Å². The Labute approximate surface area is 96.8 Å². The first-order chi connectivity index (χ1) is 7.99. The summed E-state index contributed by atoms with van der Waals surface area (Å²) in [6.07, 6.45) is 0. The van der Waals surface area contributed by atoms with E-state index < -0.39 is 5.09 Å². The van der Waals surface area contributed by atoms with Crippen molar-refractivity contribution in [1.29, 1.82) is 0 Å². The Morgan fingerprint density at radius 2 is 2.00 bits per heavy atom. The number of ether oxygens (including phenoxy) is 1. The number of hydrogen-bond acceptors (Lipinski definition) is 5. The number of benzene rings is 1. The number of hydrogen-bond donors (Lipinski definition) is 4. The molecule has 0 unspecified atom stereocenters. The van der Waals surface area contributed by atoms with E-state index in [1.807, 2.05) is 0 Å². The summed E-state index contributed by atoms with van der Waals surface area (Å²) >= 11 is 0. The van der Waals surface area contributed by atoms with Crippen molar-refractivity contribution in [2.75, 3.05) is 7.11 Å². The third kappa shape index (κ3) is 7.39. The van der Waals surface area contributed by atoms with Crippen molar-refractivity contribution in [2.45, 2.75) is 0 Å². The predicted molar refractivity (Wildman–Crippen MR) is 60.4 cm³/mol. The minimum atomic E-state index is -1.50. The van der Waals surface area contributed by atoms with E-state index in [1.54, 1.807) is 31.4 Å². The fourth-order valence-electron chi connectivity index (χ4n) is 0.828. The summed E-state index contributed by atoms with van der Waals surface area (Å²) in [5.41, 5.74) is 8.32. The summed E-state index contributed by atoms with van der Waals surface area (Å²) in [6.45, 7) is 0. The largest absolute Gasteiger partial charge is 0.497 e. The van der Waals surface area contributed by atoms with Gasteiger partial charge in [0.2, 0.25) is 5.96 Å². The van der Waals surface area contributed by atoms with Crippen molar-refractivity contribution in [1.82, 2.24) is 5.43 Å². The van der Waals surface area contributed by atoms with Gasteiger partial charge in [0.15, 0.2) is 0 Å². The number of guanidine groups is 1. The third-order valence-corrected chi connectivity index (χ3v) is 1.47. The van der Waals surface area contributed by atoms with Crippen LogP contribution in [0, 0.1) is 10.1 Å². The molecule has 0 amide bonds. The molecule has 0 bridgehead atoms. The zero-order valence-corrected chi connectivity index (χ0v) is 9.03. The van der Waals surface area contributed by atoms with Gasteiger partial charge in [-0.2, -0.15) is 0 Å². The van der Waals surface area contributed by atoms with Crippen LogP contribution in [0.1, 0.15) is 0 Å². The molecule has 0 radical (unpaired) electrons. The summed E-state index contributed by atoms with van der Waals surface area (Å²) < 4.78 is 4.98. The van der Waals surface area contributed by atoms with Gasteiger partial charge in [-0.15, -0.1) is 10.1 Å². The quantitative estimate of drug-likeness (QED) is 0.184. The maximum atomic E-state index is 8.36. The number of methoxy groups -OCH3 is 1. The summed E-state index contributed by atoms with van der Waals surface area (Å²) in [5, 5.41) is 13.6. The van der Waals surface area contributed by atoms with Crippen LogP contribution in [0.15, 0.2) is 29.3 Å². The number of nitrogens with two attached hydrogens (primary N) is 2. The zero-order valence-electron chi connectivity index (χ0n) is 9.03. The zero-order chi connectivity index (χ0) is 13.3. The molecule has 1 aromatic rings. The predicted octanol–water partition coefficient (Wildman–Crippen LogP) is -0.243. The molecule has 0 aliphatic heterocycles. The average Bonchev–Trinajstić information content (AvgIpc) is 2.29. The molecule has 0 saturated heterocycles. The molecule has 17 heavy (non-hydrogen) atoms. The number of aliphatic imine (C=N–C) groups is 1. The highest BCUT2D eigenvalue weighted by Gasteiger charge is 1.92. The molecular weight excluding hydrogens is 230 g/mol. The smallest absolute Gasteiger partial charge is 0.291 e. The molecule has 9 nitrogen and oxygen atoms in total. The van der Waals surface area contributed by atoms with Crippen molar-refractivity contribution in [3.05, 3.63) is 34.4 Å². The average molecular weight is 243 g/mol. The molecule has 0 spiro atoms. The van der Waals surface area contributed by atoms with Gasteiger partial charge in [0.1, 0.15) is 5.75 Å². The Hall–Kier alpha value is -2.55. The first-order valence-corrected chi connectivity index (χ1v) is 4.27. The fourth-order valence-corrected chi connectivity index (χ4v) is 0.828. The molecule has 0 saturated carbocycles. The lowest BCUT2D eigenvalue weighted by Gasteiger charge is -2.00. The van der Waals surface area contributed by atoms with Crippen LogP contribution < -0.4 is 21.7 Å². The minimum absolute atomic E-state index is 0.171. The lowest BCUT2D eigenvalue weighted by atomic mass is 10.3. The highest BCUT2D eigenvalue weighted by atomic mass is 16.9. The van der Waals surface area contributed by atoms with E-state index in [9.17, 15) is 0 Å². The van der Waals surface area contributed by atoms with Crippen LogP contribution in [0.3, 0.4) is 0 Å². The Kier molecular flexibility index (Phi) is 6.55. The van der Waals surface area contributed by atoms with E-state index >= 15 is 0 Å². The molecular formula is C8H13N5O4. The molecule has 1 aromatic carbocycles. The highest BCUT2D eigenvalue weighted by Crippen LogP contribution is 2.16. The van der Waals surface area contributed by atoms with Crippen LogP contribution in [0.2, 0.25) is 0 Å². The first-order valence-electron chi connectivity index (χ1n) is 4.27. The Morgan fingerprint density at radius 1 is 1.53 bits per heavy atom. The van der Waals surface area contributed by atoms with Crippen molar-refractivity contribution in [2.24, 2.45) is 16.6 Å². The SMILES string of the molecule is COc1ccc(N=C(N)NN)cc1.O=[N+]([O-])O. The molecule has 94 valence electrons. The summed E-state index contributed by atoms with van der Waals surface area (Å²) in [4.78, 5) is 12.3. The van der Waals surface area contributed by atoms with E-state index in [-0.39, 0.29) is 5.96 Å². The van der Waals surface area contributed by atoms with E-state index in [0.29, 0.717) is 0 Å². The van der Waals surface area contributed by atoms with Gasteiger partial charge in [-0.25, -0.2) is 10.8 Å². The molecule has 0 aliphatic carbocycles. The van der Waals surface area contributed by atoms with E-state index in [4.69, 9.17) is 31.6 Å². The second-order valence-corrected chi connectivity index (χ2v) is 2.58. The Morgan fingerprint density at radius 3 is 2.35 bits per heavy atom. The van der Waals surface area contributed by atoms with Gasteiger partial charge in [-0.05, 0) is 24.3 Å². The Balaban J connectivity index is 0.000000557. The summed E-state index contributed by atoms with van der Waals surface area (Å²) in [7, 11) is 1.61. The lowest BCUT2D eigenvalue weighted by Crippen LogP contribution is -2.36. The first kappa shape index (κ1) is 14.5. The fraction of sp³-hybridized carbons (Fsp3) is 0.125. The summed E-state index contributed by atoms with van der Waals surface area (Å²) in [5.74, 6) is 5.99. The van der Waals surface area contributed by atoms with Gasteiger partial charge in [-0.3, -0.25) is 5.43 Å². The van der Waals surface area contributed by atoms with E-state index in [1.165, 1.54) is 0 Å². The van der Waals surface area contributed by atoms with E-state index in [2.05, 4.69) is 10.4 Å². The van der Waals surface area contributed by atoms with Crippen molar-refractivity contribution in [3.63, 3.8) is 0 Å². The third-order valence-electron chi connectivity index (χ3n) is 1.47. The molecule has 0 fully saturated rings. The topological polar surface area (TPSA) is 149 Å². The normalized spacial score (nSPS) is 9.88. The molecule has 0 aromatic heterocycles. The van der Waals surface area contributed by atoms with Crippen LogP contribution in [0.4, 0.5) is 5.69 Å².